The molecule has 0 spiro atoms. The number of nitrogens with one attached hydrogen (secondary N) is 1. The average Bonchev–Trinajstić information content (AvgIpc) is 2.63. The van der Waals surface area contributed by atoms with Crippen LogP contribution in [0.3, 0.4) is 0 Å². The van der Waals surface area contributed by atoms with Crippen molar-refractivity contribution in [1.29, 1.82) is 0 Å². The van der Waals surface area contributed by atoms with Gasteiger partial charge >= 0.3 is 0 Å². The van der Waals surface area contributed by atoms with Crippen molar-refractivity contribution in [2.45, 2.75) is 18.4 Å². The van der Waals surface area contributed by atoms with Gasteiger partial charge in [-0.25, -0.2) is 4.98 Å². The monoisotopic (exact) mass is 220 g/mol. The molecule has 1 atom stereocenters. The lowest BCUT2D eigenvalue weighted by molar-refractivity contribution is 0.198. The Hall–Kier alpha value is -1.20. The molecule has 0 radical (unpaired) electrons. The van der Waals surface area contributed by atoms with E-state index in [1.165, 1.54) is 0 Å². The van der Waals surface area contributed by atoms with Crippen molar-refractivity contribution in [2.24, 2.45) is 0 Å². The van der Waals surface area contributed by atoms with Gasteiger partial charge in [-0.05, 0) is 6.42 Å². The highest BCUT2D eigenvalue weighted by atomic mass is 16.3. The number of anilines is 1. The van der Waals surface area contributed by atoms with Gasteiger partial charge in [0, 0.05) is 44.5 Å². The van der Waals surface area contributed by atoms with Gasteiger partial charge in [0.05, 0.1) is 11.8 Å². The number of aliphatic hydroxyl groups excluding tert-OH is 1. The van der Waals surface area contributed by atoms with E-state index in [1.54, 1.807) is 12.4 Å². The van der Waals surface area contributed by atoms with Gasteiger partial charge in [-0.15, -0.1) is 0 Å². The first-order chi connectivity index (χ1) is 7.84. The molecule has 5 nitrogen and oxygen atoms in total. The second-order valence-corrected chi connectivity index (χ2v) is 4.51. The summed E-state index contributed by atoms with van der Waals surface area (Å²) in [5.74, 6) is 1.45. The molecule has 2 fully saturated rings. The van der Waals surface area contributed by atoms with Gasteiger partial charge in [0.25, 0.3) is 0 Å². The summed E-state index contributed by atoms with van der Waals surface area (Å²) in [5, 5.41) is 12.8. The lowest BCUT2D eigenvalue weighted by Crippen LogP contribution is -2.41. The zero-order valence-electron chi connectivity index (χ0n) is 9.13. The minimum Gasteiger partial charge on any atom is -0.391 e. The van der Waals surface area contributed by atoms with Crippen LogP contribution in [0.2, 0.25) is 0 Å². The van der Waals surface area contributed by atoms with Crippen molar-refractivity contribution in [3.05, 3.63) is 18.1 Å². The number of aliphatic hydroxyl groups is 1. The molecule has 0 amide bonds. The van der Waals surface area contributed by atoms with Gasteiger partial charge in [0.1, 0.15) is 0 Å². The second-order valence-electron chi connectivity index (χ2n) is 4.51. The molecule has 1 aromatic rings. The smallest absolute Gasteiger partial charge is 0.150 e. The Balaban J connectivity index is 1.87. The van der Waals surface area contributed by atoms with E-state index in [4.69, 9.17) is 0 Å². The van der Waals surface area contributed by atoms with Crippen LogP contribution in [-0.2, 0) is 0 Å². The Labute approximate surface area is 94.5 Å². The Kier molecular flexibility index (Phi) is 2.49. The number of rotatable bonds is 2. The van der Waals surface area contributed by atoms with Crippen LogP contribution in [-0.4, -0.2) is 47.4 Å². The molecule has 0 aromatic carbocycles. The fourth-order valence-corrected chi connectivity index (χ4v) is 2.29. The average molecular weight is 220 g/mol. The summed E-state index contributed by atoms with van der Waals surface area (Å²) < 4.78 is 0. The minimum absolute atomic E-state index is 0.214. The summed E-state index contributed by atoms with van der Waals surface area (Å²) in [6.07, 6.45) is 4.10. The van der Waals surface area contributed by atoms with E-state index in [0.29, 0.717) is 12.5 Å². The molecule has 2 N–H and O–H groups in total. The van der Waals surface area contributed by atoms with E-state index in [-0.39, 0.29) is 6.10 Å². The quantitative estimate of drug-likeness (QED) is 0.718. The van der Waals surface area contributed by atoms with Crippen molar-refractivity contribution in [2.75, 3.05) is 31.1 Å². The zero-order valence-corrected chi connectivity index (χ0v) is 9.13. The van der Waals surface area contributed by atoms with Gasteiger partial charge in [-0.3, -0.25) is 4.98 Å². The summed E-state index contributed by atoms with van der Waals surface area (Å²) >= 11 is 0. The molecule has 0 saturated carbocycles. The maximum Gasteiger partial charge on any atom is 0.150 e. The topological polar surface area (TPSA) is 61.3 Å². The Morgan fingerprint density at radius 1 is 1.31 bits per heavy atom. The summed E-state index contributed by atoms with van der Waals surface area (Å²) in [7, 11) is 0. The minimum atomic E-state index is -0.214. The summed E-state index contributed by atoms with van der Waals surface area (Å²) in [6, 6.07) is 0. The summed E-state index contributed by atoms with van der Waals surface area (Å²) in [5.41, 5.74) is 1.08. The Morgan fingerprint density at radius 3 is 2.75 bits per heavy atom. The molecule has 86 valence electrons. The lowest BCUT2D eigenvalue weighted by atomic mass is 9.98. The molecule has 3 rings (SSSR count). The van der Waals surface area contributed by atoms with E-state index in [0.717, 1.165) is 37.6 Å². The van der Waals surface area contributed by atoms with E-state index in [9.17, 15) is 5.11 Å². The van der Waals surface area contributed by atoms with E-state index < -0.39 is 0 Å². The molecule has 1 aromatic heterocycles. The number of nitrogens with zero attached hydrogens (tertiary/aromatic N) is 3. The zero-order chi connectivity index (χ0) is 11.0. The molecule has 5 heteroatoms. The summed E-state index contributed by atoms with van der Waals surface area (Å²) in [6.45, 7) is 3.54. The first-order valence-corrected chi connectivity index (χ1v) is 5.79. The fourth-order valence-electron chi connectivity index (χ4n) is 2.29. The highest BCUT2D eigenvalue weighted by molar-refractivity contribution is 5.47. The predicted octanol–water partition coefficient (Wildman–Crippen LogP) is -0.266. The van der Waals surface area contributed by atoms with Gasteiger partial charge in [0.2, 0.25) is 0 Å². The molecule has 2 aliphatic heterocycles. The van der Waals surface area contributed by atoms with Crippen LogP contribution < -0.4 is 10.2 Å². The molecule has 0 bridgehead atoms. The molecule has 2 aliphatic rings. The van der Waals surface area contributed by atoms with E-state index in [2.05, 4.69) is 20.2 Å². The number of β-amino-alcohol motifs (C(OH)–C–C–N with tert-alkyl or cyclic N) is 1. The lowest BCUT2D eigenvalue weighted by Gasteiger charge is -2.29. The van der Waals surface area contributed by atoms with Crippen LogP contribution in [0.25, 0.3) is 0 Å². The van der Waals surface area contributed by atoms with Gasteiger partial charge in [-0.1, -0.05) is 0 Å². The van der Waals surface area contributed by atoms with Crippen molar-refractivity contribution >= 4 is 5.82 Å². The Bertz CT molecular complexity index is 380. The standard InChI is InChI=1S/C11H16N4O/c16-9-1-4-15(7-9)11-10(8-5-12-6-8)13-2-3-14-11/h2-3,8-9,12,16H,1,4-7H2/t9-/m1/s1. The second kappa shape index (κ2) is 3.99. The molecule has 0 aliphatic carbocycles. The largest absolute Gasteiger partial charge is 0.391 e. The van der Waals surface area contributed by atoms with Gasteiger partial charge in [-0.2, -0.15) is 0 Å². The summed E-state index contributed by atoms with van der Waals surface area (Å²) in [4.78, 5) is 11.0. The first-order valence-electron chi connectivity index (χ1n) is 5.79. The highest BCUT2D eigenvalue weighted by Crippen LogP contribution is 2.28. The molecular formula is C11H16N4O. The van der Waals surface area contributed by atoms with Crippen LogP contribution in [0, 0.1) is 0 Å². The van der Waals surface area contributed by atoms with Crippen LogP contribution >= 0.6 is 0 Å². The third kappa shape index (κ3) is 1.66. The van der Waals surface area contributed by atoms with Crippen LogP contribution in [0.4, 0.5) is 5.82 Å². The number of aromatic nitrogens is 2. The van der Waals surface area contributed by atoms with E-state index in [1.807, 2.05) is 0 Å². The highest BCUT2D eigenvalue weighted by Gasteiger charge is 2.29. The molecule has 16 heavy (non-hydrogen) atoms. The third-order valence-corrected chi connectivity index (χ3v) is 3.34. The van der Waals surface area contributed by atoms with Gasteiger partial charge in [0.15, 0.2) is 5.82 Å². The van der Waals surface area contributed by atoms with Crippen molar-refractivity contribution in [1.82, 2.24) is 15.3 Å². The third-order valence-electron chi connectivity index (χ3n) is 3.34. The first kappa shape index (κ1) is 9.99. The number of hydrogen-bond donors (Lipinski definition) is 2. The van der Waals surface area contributed by atoms with Gasteiger partial charge < -0.3 is 15.3 Å². The maximum atomic E-state index is 9.56. The maximum absolute atomic E-state index is 9.56. The van der Waals surface area contributed by atoms with E-state index >= 15 is 0 Å². The van der Waals surface area contributed by atoms with Crippen LogP contribution in [0.15, 0.2) is 12.4 Å². The Morgan fingerprint density at radius 2 is 2.12 bits per heavy atom. The normalized spacial score (nSPS) is 25.8. The van der Waals surface area contributed by atoms with Crippen LogP contribution in [0.5, 0.6) is 0 Å². The van der Waals surface area contributed by atoms with Crippen molar-refractivity contribution in [3.8, 4) is 0 Å². The molecule has 3 heterocycles. The SMILES string of the molecule is O[C@@H]1CCN(c2nccnc2C2CNC2)C1. The van der Waals surface area contributed by atoms with Crippen LogP contribution in [0.1, 0.15) is 18.0 Å². The van der Waals surface area contributed by atoms with Crippen molar-refractivity contribution < 1.29 is 5.11 Å². The van der Waals surface area contributed by atoms with Crippen molar-refractivity contribution in [3.63, 3.8) is 0 Å². The molecule has 0 unspecified atom stereocenters. The number of hydrogen-bond acceptors (Lipinski definition) is 5. The molecular weight excluding hydrogens is 204 g/mol. The predicted molar refractivity (Wildman–Crippen MR) is 60.5 cm³/mol. The fraction of sp³-hybridized carbons (Fsp3) is 0.636. The molecule has 2 saturated heterocycles.